The van der Waals surface area contributed by atoms with Gasteiger partial charge in [0, 0.05) is 11.8 Å². The van der Waals surface area contributed by atoms with Crippen LogP contribution in [-0.2, 0) is 24.6 Å². The zero-order valence-corrected chi connectivity index (χ0v) is 32.9. The van der Waals surface area contributed by atoms with Crippen molar-refractivity contribution in [2.45, 2.75) is 135 Å². The average Bonchev–Trinajstić information content (AvgIpc) is 3.09. The Morgan fingerprint density at radius 2 is 1.46 bits per heavy atom. The third-order valence-electron chi connectivity index (χ3n) is 10.0. The average molecular weight is 728 g/mol. The van der Waals surface area contributed by atoms with Gasteiger partial charge in [-0.1, -0.05) is 152 Å². The number of nitrogens with two attached hydrogens (primary N) is 1. The monoisotopic (exact) mass is 727 g/mol. The number of unbranched alkanes of at least 4 members (excludes halogenated alkanes) is 4. The first kappa shape index (κ1) is 42.5. The molecule has 1 aliphatic carbocycles. The summed E-state index contributed by atoms with van der Waals surface area (Å²) in [6.07, 6.45) is 14.1. The van der Waals surface area contributed by atoms with Crippen LogP contribution in [-0.4, -0.2) is 40.0 Å². The van der Waals surface area contributed by atoms with Crippen LogP contribution in [0.15, 0.2) is 84.5 Å². The lowest BCUT2D eigenvalue weighted by Gasteiger charge is -2.39. The van der Waals surface area contributed by atoms with Crippen molar-refractivity contribution in [3.05, 3.63) is 95.6 Å². The number of amides is 2. The number of thiocarbonyl (C=S) groups is 1. The first-order valence-corrected chi connectivity index (χ1v) is 19.7. The van der Waals surface area contributed by atoms with Gasteiger partial charge in [-0.2, -0.15) is 0 Å². The fourth-order valence-electron chi connectivity index (χ4n) is 7.69. The highest BCUT2D eigenvalue weighted by atomic mass is 32.1. The predicted octanol–water partition coefficient (Wildman–Crippen LogP) is 8.64. The maximum absolute atomic E-state index is 14.5. The molecule has 0 aliphatic heterocycles. The molecule has 2 atom stereocenters. The van der Waals surface area contributed by atoms with Gasteiger partial charge in [0.15, 0.2) is 11.6 Å². The fraction of sp³-hybridized carbons (Fsp3) is 0.523. The molecule has 0 fully saturated rings. The lowest BCUT2D eigenvalue weighted by molar-refractivity contribution is -0.134. The van der Waals surface area contributed by atoms with E-state index in [1.165, 1.54) is 0 Å². The van der Waals surface area contributed by atoms with Crippen LogP contribution < -0.4 is 16.4 Å². The maximum Gasteiger partial charge on any atom is 0.246 e. The van der Waals surface area contributed by atoms with E-state index in [0.29, 0.717) is 49.9 Å². The lowest BCUT2D eigenvalue weighted by Crippen LogP contribution is -2.61. The molecule has 0 radical (unpaired) electrons. The number of allylic oxidation sites excluding steroid dienone is 4. The van der Waals surface area contributed by atoms with Crippen molar-refractivity contribution in [1.29, 1.82) is 0 Å². The van der Waals surface area contributed by atoms with Gasteiger partial charge in [0.25, 0.3) is 0 Å². The summed E-state index contributed by atoms with van der Waals surface area (Å²) in [6.45, 7) is 10.3. The maximum atomic E-state index is 14.5. The number of benzene rings is 2. The van der Waals surface area contributed by atoms with Gasteiger partial charge < -0.3 is 16.4 Å². The van der Waals surface area contributed by atoms with E-state index < -0.39 is 29.3 Å². The van der Waals surface area contributed by atoms with Gasteiger partial charge in [0.1, 0.15) is 5.54 Å². The van der Waals surface area contributed by atoms with Crippen LogP contribution in [0, 0.1) is 11.8 Å². The van der Waals surface area contributed by atoms with E-state index in [9.17, 15) is 19.2 Å². The molecular weight excluding hydrogens is 667 g/mol. The zero-order valence-electron chi connectivity index (χ0n) is 32.0. The Labute approximate surface area is 317 Å². The Morgan fingerprint density at radius 3 is 2.00 bits per heavy atom. The third-order valence-corrected chi connectivity index (χ3v) is 10.3. The van der Waals surface area contributed by atoms with Crippen molar-refractivity contribution in [3.8, 4) is 0 Å². The normalized spacial score (nSPS) is 14.8. The standard InChI is InChI=1S/C44H61N3O4S/c1-6-7-8-9-16-26-43(31-33(4)5,42(51)46-38(28-32(2)3)39(49)30-40(45)50)47-41(52)25-18-27-44(34-19-12-10-13-20-34,35-21-14-11-15-22-35)36-23-17-24-37(48)29-36/h10-15,17,19-24,32-33,38H,6-9,16,18,25-31H2,1-5H3,(H2,45,50)(H,46,51)(H,47,52)/t38-,43-/m0/s1. The summed E-state index contributed by atoms with van der Waals surface area (Å²) in [7, 11) is 0. The first-order valence-electron chi connectivity index (χ1n) is 19.3. The quantitative estimate of drug-likeness (QED) is 0.0600. The highest BCUT2D eigenvalue weighted by Crippen LogP contribution is 2.45. The number of carbonyl (C=O) groups excluding carboxylic acids is 4. The van der Waals surface area contributed by atoms with Crippen LogP contribution >= 0.6 is 12.2 Å². The first-order chi connectivity index (χ1) is 24.8. The Balaban J connectivity index is 1.95. The minimum Gasteiger partial charge on any atom is -0.369 e. The van der Waals surface area contributed by atoms with Crippen molar-refractivity contribution < 1.29 is 19.2 Å². The third kappa shape index (κ3) is 12.4. The molecule has 0 aromatic heterocycles. The summed E-state index contributed by atoms with van der Waals surface area (Å²) in [5.74, 6) is -0.980. The molecule has 0 unspecified atom stereocenters. The van der Waals surface area contributed by atoms with Crippen molar-refractivity contribution >= 4 is 40.6 Å². The molecule has 3 rings (SSSR count). The number of nitrogens with one attached hydrogen (secondary N) is 2. The predicted molar refractivity (Wildman–Crippen MR) is 216 cm³/mol. The van der Waals surface area contributed by atoms with E-state index in [2.05, 4.69) is 61.7 Å². The summed E-state index contributed by atoms with van der Waals surface area (Å²) in [5, 5.41) is 6.64. The van der Waals surface area contributed by atoms with Crippen molar-refractivity contribution in [1.82, 2.24) is 10.6 Å². The molecule has 2 aromatic rings. The second kappa shape index (κ2) is 21.0. The number of ketones is 2. The van der Waals surface area contributed by atoms with Crippen molar-refractivity contribution in [2.75, 3.05) is 0 Å². The van der Waals surface area contributed by atoms with Crippen LogP contribution in [0.1, 0.15) is 129 Å². The Morgan fingerprint density at radius 1 is 0.846 bits per heavy atom. The number of primary amides is 1. The summed E-state index contributed by atoms with van der Waals surface area (Å²) in [6, 6.07) is 19.9. The molecule has 0 saturated heterocycles. The van der Waals surface area contributed by atoms with Gasteiger partial charge in [-0.15, -0.1) is 0 Å². The van der Waals surface area contributed by atoms with E-state index in [0.717, 1.165) is 48.8 Å². The molecule has 52 heavy (non-hydrogen) atoms. The number of Topliss-reactive ketones (excluding diaryl/α,β-unsaturated/α-hetero) is 1. The highest BCUT2D eigenvalue weighted by Gasteiger charge is 2.42. The molecule has 2 aromatic carbocycles. The second-order valence-electron chi connectivity index (χ2n) is 15.3. The molecule has 2 amide bonds. The zero-order chi connectivity index (χ0) is 38.1. The summed E-state index contributed by atoms with van der Waals surface area (Å²) in [4.78, 5) is 52.8. The smallest absolute Gasteiger partial charge is 0.246 e. The molecule has 0 heterocycles. The Hall–Kier alpha value is -3.91. The molecule has 0 saturated carbocycles. The molecule has 7 nitrogen and oxygen atoms in total. The Kier molecular flexibility index (Phi) is 17.1. The summed E-state index contributed by atoms with van der Waals surface area (Å²) in [5.41, 5.74) is 7.11. The van der Waals surface area contributed by atoms with E-state index in [-0.39, 0.29) is 29.3 Å². The van der Waals surface area contributed by atoms with E-state index >= 15 is 0 Å². The molecule has 8 heteroatoms. The van der Waals surface area contributed by atoms with Gasteiger partial charge in [-0.25, -0.2) is 0 Å². The minimum atomic E-state index is -1.03. The van der Waals surface area contributed by atoms with Gasteiger partial charge in [0.05, 0.1) is 17.5 Å². The number of carbonyl (C=O) groups is 4. The van der Waals surface area contributed by atoms with Crippen LogP contribution in [0.2, 0.25) is 0 Å². The second-order valence-corrected chi connectivity index (χ2v) is 15.8. The number of rotatable bonds is 23. The number of hydrogen-bond donors (Lipinski definition) is 3. The lowest BCUT2D eigenvalue weighted by atomic mass is 9.64. The molecule has 0 spiro atoms. The van der Waals surface area contributed by atoms with Crippen LogP contribution in [0.3, 0.4) is 0 Å². The molecular formula is C44H61N3O4S. The molecule has 4 N–H and O–H groups in total. The van der Waals surface area contributed by atoms with Crippen LogP contribution in [0.25, 0.3) is 0 Å². The summed E-state index contributed by atoms with van der Waals surface area (Å²) < 4.78 is 0. The summed E-state index contributed by atoms with van der Waals surface area (Å²) >= 11 is 6.08. The largest absolute Gasteiger partial charge is 0.369 e. The molecule has 282 valence electrons. The van der Waals surface area contributed by atoms with Crippen molar-refractivity contribution in [3.63, 3.8) is 0 Å². The van der Waals surface area contributed by atoms with Crippen LogP contribution in [0.4, 0.5) is 0 Å². The Bertz CT molecular complexity index is 1510. The minimum absolute atomic E-state index is 0.0828. The molecule has 0 bridgehead atoms. The fourth-order valence-corrected chi connectivity index (χ4v) is 8.02. The number of hydrogen-bond acceptors (Lipinski definition) is 5. The van der Waals surface area contributed by atoms with Gasteiger partial charge >= 0.3 is 0 Å². The van der Waals surface area contributed by atoms with Gasteiger partial charge in [0.2, 0.25) is 11.8 Å². The van der Waals surface area contributed by atoms with E-state index in [1.807, 2.05) is 56.3 Å². The van der Waals surface area contributed by atoms with E-state index in [4.69, 9.17) is 18.0 Å². The van der Waals surface area contributed by atoms with Crippen molar-refractivity contribution in [2.24, 2.45) is 17.6 Å². The topological polar surface area (TPSA) is 118 Å². The highest BCUT2D eigenvalue weighted by molar-refractivity contribution is 7.80. The SMILES string of the molecule is CCCCCCC[C@@](CC(C)C)(NC(=S)CCCC(C1=CC=CC(=O)C1)(c1ccccc1)c1ccccc1)C(=O)N[C@@H](CC(C)C)C(=O)CC(N)=O. The molecule has 1 aliphatic rings. The van der Waals surface area contributed by atoms with E-state index in [1.54, 1.807) is 6.08 Å². The van der Waals surface area contributed by atoms with Gasteiger partial charge in [-0.3, -0.25) is 19.2 Å². The van der Waals surface area contributed by atoms with Gasteiger partial charge in [-0.05, 0) is 73.1 Å². The van der Waals surface area contributed by atoms with Crippen LogP contribution in [0.5, 0.6) is 0 Å².